The minimum Gasteiger partial charge on any atom is -0.496 e. The van der Waals surface area contributed by atoms with Crippen LogP contribution in [0.15, 0.2) is 29.4 Å². The van der Waals surface area contributed by atoms with Gasteiger partial charge in [0.25, 0.3) is 0 Å². The minimum absolute atomic E-state index is 0.732. The van der Waals surface area contributed by atoms with Crippen LogP contribution in [0.5, 0.6) is 5.75 Å². The number of hydrogen-bond acceptors (Lipinski definition) is 3. The van der Waals surface area contributed by atoms with Crippen molar-refractivity contribution < 1.29 is 9.94 Å². The average Bonchev–Trinajstić information content (AvgIpc) is 2.26. The summed E-state index contributed by atoms with van der Waals surface area (Å²) in [5.41, 5.74) is 1.87. The number of methoxy groups -OCH3 is 1. The Kier molecular flexibility index (Phi) is 3.98. The van der Waals surface area contributed by atoms with Crippen LogP contribution in [0.3, 0.4) is 0 Å². The van der Waals surface area contributed by atoms with Crippen molar-refractivity contribution in [3.63, 3.8) is 0 Å². The lowest BCUT2D eigenvalue weighted by molar-refractivity contribution is 0.317. The van der Waals surface area contributed by atoms with Gasteiger partial charge in [-0.3, -0.25) is 0 Å². The number of nitrogens with zero attached hydrogens (tertiary/aromatic N) is 1. The van der Waals surface area contributed by atoms with Crippen LogP contribution in [0, 0.1) is 0 Å². The highest BCUT2D eigenvalue weighted by Crippen LogP contribution is 2.18. The van der Waals surface area contributed by atoms with Crippen LogP contribution in [0.25, 0.3) is 0 Å². The number of benzene rings is 1. The van der Waals surface area contributed by atoms with E-state index in [4.69, 9.17) is 9.94 Å². The van der Waals surface area contributed by atoms with E-state index < -0.39 is 0 Å². The SMILES string of the molecule is COc1ccccc1CC/C(C)=N/O. The van der Waals surface area contributed by atoms with Crippen LogP contribution in [0.1, 0.15) is 18.9 Å². The third-order valence-corrected chi connectivity index (χ3v) is 2.12. The molecule has 1 aromatic rings. The number of para-hydroxylation sites is 1. The van der Waals surface area contributed by atoms with Crippen LogP contribution >= 0.6 is 0 Å². The van der Waals surface area contributed by atoms with Crippen molar-refractivity contribution in [2.24, 2.45) is 5.16 Å². The Morgan fingerprint density at radius 3 is 2.79 bits per heavy atom. The highest BCUT2D eigenvalue weighted by Gasteiger charge is 2.01. The van der Waals surface area contributed by atoms with E-state index in [9.17, 15) is 0 Å². The Morgan fingerprint density at radius 2 is 2.14 bits per heavy atom. The van der Waals surface area contributed by atoms with E-state index in [0.29, 0.717) is 0 Å². The third-order valence-electron chi connectivity index (χ3n) is 2.12. The molecule has 0 fully saturated rings. The van der Waals surface area contributed by atoms with Gasteiger partial charge in [0.1, 0.15) is 5.75 Å². The van der Waals surface area contributed by atoms with Crippen molar-refractivity contribution in [3.8, 4) is 5.75 Å². The molecule has 14 heavy (non-hydrogen) atoms. The first-order valence-electron chi connectivity index (χ1n) is 4.57. The average molecular weight is 193 g/mol. The molecule has 0 radical (unpaired) electrons. The number of oxime groups is 1. The molecule has 3 heteroatoms. The van der Waals surface area contributed by atoms with Crippen molar-refractivity contribution >= 4 is 5.71 Å². The molecular formula is C11H15NO2. The third kappa shape index (κ3) is 2.76. The number of ether oxygens (including phenoxy) is 1. The van der Waals surface area contributed by atoms with Gasteiger partial charge < -0.3 is 9.94 Å². The molecule has 0 unspecified atom stereocenters. The molecule has 0 aromatic heterocycles. The van der Waals surface area contributed by atoms with Crippen LogP contribution in [-0.4, -0.2) is 18.0 Å². The van der Waals surface area contributed by atoms with Crippen LogP contribution in [0.4, 0.5) is 0 Å². The molecule has 0 aliphatic rings. The van der Waals surface area contributed by atoms with Gasteiger partial charge in [0.15, 0.2) is 0 Å². The number of rotatable bonds is 4. The molecule has 1 aromatic carbocycles. The second-order valence-corrected chi connectivity index (χ2v) is 3.15. The number of hydrogen-bond donors (Lipinski definition) is 1. The van der Waals surface area contributed by atoms with Crippen LogP contribution < -0.4 is 4.74 Å². The highest BCUT2D eigenvalue weighted by molar-refractivity contribution is 5.81. The van der Waals surface area contributed by atoms with E-state index in [0.717, 1.165) is 29.9 Å². The van der Waals surface area contributed by atoms with E-state index in [2.05, 4.69) is 5.16 Å². The molecule has 1 N–H and O–H groups in total. The minimum atomic E-state index is 0.732. The predicted octanol–water partition coefficient (Wildman–Crippen LogP) is 2.48. The Balaban J connectivity index is 2.66. The summed E-state index contributed by atoms with van der Waals surface area (Å²) in [4.78, 5) is 0. The molecule has 0 bridgehead atoms. The monoisotopic (exact) mass is 193 g/mol. The van der Waals surface area contributed by atoms with Gasteiger partial charge in [-0.05, 0) is 31.4 Å². The summed E-state index contributed by atoms with van der Waals surface area (Å²) in [6.07, 6.45) is 1.58. The molecule has 0 atom stereocenters. The van der Waals surface area contributed by atoms with E-state index in [-0.39, 0.29) is 0 Å². The molecule has 0 aliphatic heterocycles. The lowest BCUT2D eigenvalue weighted by Gasteiger charge is -2.06. The molecule has 1 rings (SSSR count). The zero-order valence-corrected chi connectivity index (χ0v) is 8.53. The zero-order valence-electron chi connectivity index (χ0n) is 8.53. The van der Waals surface area contributed by atoms with Gasteiger partial charge in [0.2, 0.25) is 0 Å². The molecule has 0 amide bonds. The van der Waals surface area contributed by atoms with Gasteiger partial charge in [-0.15, -0.1) is 0 Å². The lowest BCUT2D eigenvalue weighted by Crippen LogP contribution is -1.97. The molecule has 3 nitrogen and oxygen atoms in total. The standard InChI is InChI=1S/C11H15NO2/c1-9(12-13)7-8-10-5-3-4-6-11(10)14-2/h3-6,13H,7-8H2,1-2H3/b12-9+. The zero-order chi connectivity index (χ0) is 10.4. The predicted molar refractivity (Wildman–Crippen MR) is 56.2 cm³/mol. The summed E-state index contributed by atoms with van der Waals surface area (Å²) in [5.74, 6) is 0.887. The van der Waals surface area contributed by atoms with E-state index in [1.165, 1.54) is 0 Å². The summed E-state index contributed by atoms with van der Waals surface area (Å²) >= 11 is 0. The first-order valence-corrected chi connectivity index (χ1v) is 4.57. The Bertz CT molecular complexity index is 321. The van der Waals surface area contributed by atoms with Crippen molar-refractivity contribution in [3.05, 3.63) is 29.8 Å². The Labute approximate surface area is 84.0 Å². The summed E-state index contributed by atoms with van der Waals surface area (Å²) in [5, 5.41) is 11.6. The summed E-state index contributed by atoms with van der Waals surface area (Å²) < 4.78 is 5.21. The largest absolute Gasteiger partial charge is 0.496 e. The van der Waals surface area contributed by atoms with Crippen LogP contribution in [0.2, 0.25) is 0 Å². The van der Waals surface area contributed by atoms with Crippen molar-refractivity contribution in [2.45, 2.75) is 19.8 Å². The molecule has 76 valence electrons. The molecule has 0 spiro atoms. The van der Waals surface area contributed by atoms with Crippen LogP contribution in [-0.2, 0) is 6.42 Å². The lowest BCUT2D eigenvalue weighted by atomic mass is 10.1. The first kappa shape index (κ1) is 10.6. The topological polar surface area (TPSA) is 41.8 Å². The fourth-order valence-corrected chi connectivity index (χ4v) is 1.28. The number of aryl methyl sites for hydroxylation is 1. The second kappa shape index (κ2) is 5.27. The fraction of sp³-hybridized carbons (Fsp3) is 0.364. The van der Waals surface area contributed by atoms with Gasteiger partial charge in [-0.25, -0.2) is 0 Å². The normalized spacial score (nSPS) is 11.4. The Hall–Kier alpha value is -1.51. The molecular weight excluding hydrogens is 178 g/mol. The molecule has 0 heterocycles. The summed E-state index contributed by atoms with van der Waals surface area (Å²) in [6, 6.07) is 7.86. The van der Waals surface area contributed by atoms with E-state index >= 15 is 0 Å². The van der Waals surface area contributed by atoms with Gasteiger partial charge >= 0.3 is 0 Å². The quantitative estimate of drug-likeness (QED) is 0.453. The molecule has 0 aliphatic carbocycles. The fourth-order valence-electron chi connectivity index (χ4n) is 1.28. The van der Waals surface area contributed by atoms with Gasteiger partial charge in [-0.1, -0.05) is 23.4 Å². The molecule has 0 saturated carbocycles. The van der Waals surface area contributed by atoms with E-state index in [1.807, 2.05) is 24.3 Å². The van der Waals surface area contributed by atoms with Crippen molar-refractivity contribution in [1.29, 1.82) is 0 Å². The summed E-state index contributed by atoms with van der Waals surface area (Å²) in [6.45, 7) is 1.80. The van der Waals surface area contributed by atoms with Gasteiger partial charge in [0, 0.05) is 0 Å². The smallest absolute Gasteiger partial charge is 0.122 e. The van der Waals surface area contributed by atoms with Gasteiger partial charge in [0.05, 0.1) is 12.8 Å². The maximum atomic E-state index is 8.50. The van der Waals surface area contributed by atoms with Crippen molar-refractivity contribution in [2.75, 3.05) is 7.11 Å². The first-order chi connectivity index (χ1) is 6.77. The highest BCUT2D eigenvalue weighted by atomic mass is 16.5. The Morgan fingerprint density at radius 1 is 1.43 bits per heavy atom. The second-order valence-electron chi connectivity index (χ2n) is 3.15. The summed E-state index contributed by atoms with van der Waals surface area (Å²) in [7, 11) is 1.66. The van der Waals surface area contributed by atoms with Crippen molar-refractivity contribution in [1.82, 2.24) is 0 Å². The maximum Gasteiger partial charge on any atom is 0.122 e. The molecule has 0 saturated heterocycles. The maximum absolute atomic E-state index is 8.50. The van der Waals surface area contributed by atoms with E-state index in [1.54, 1.807) is 14.0 Å². The van der Waals surface area contributed by atoms with Gasteiger partial charge in [-0.2, -0.15) is 0 Å².